The minimum atomic E-state index is -3.97. The quantitative estimate of drug-likeness (QED) is 0.749. The Labute approximate surface area is 136 Å². The molecule has 0 radical (unpaired) electrons. The Morgan fingerprint density at radius 1 is 1.23 bits per heavy atom. The van der Waals surface area contributed by atoms with Crippen LogP contribution in [0.3, 0.4) is 0 Å². The second-order valence-electron chi connectivity index (χ2n) is 4.60. The summed E-state index contributed by atoms with van der Waals surface area (Å²) in [5, 5.41) is 9.16. The molecule has 22 heavy (non-hydrogen) atoms. The summed E-state index contributed by atoms with van der Waals surface area (Å²) >= 11 is 3.12. The Morgan fingerprint density at radius 2 is 1.86 bits per heavy atom. The number of nitrogens with zero attached hydrogens (tertiary/aromatic N) is 1. The van der Waals surface area contributed by atoms with Gasteiger partial charge in [-0.05, 0) is 37.3 Å². The van der Waals surface area contributed by atoms with Crippen molar-refractivity contribution in [1.82, 2.24) is 0 Å². The molecular formula is C16H11BrFNO2S. The van der Waals surface area contributed by atoms with E-state index in [0.29, 0.717) is 4.47 Å². The number of aryl methyl sites for hydroxylation is 1. The van der Waals surface area contributed by atoms with Crippen molar-refractivity contribution in [2.75, 3.05) is 0 Å². The average molecular weight is 380 g/mol. The fourth-order valence-electron chi connectivity index (χ4n) is 1.77. The van der Waals surface area contributed by atoms with Gasteiger partial charge in [-0.3, -0.25) is 0 Å². The van der Waals surface area contributed by atoms with Gasteiger partial charge < -0.3 is 0 Å². The lowest BCUT2D eigenvalue weighted by molar-refractivity contribution is 0.603. The predicted molar refractivity (Wildman–Crippen MR) is 86.1 cm³/mol. The van der Waals surface area contributed by atoms with Crippen molar-refractivity contribution in [2.24, 2.45) is 0 Å². The van der Waals surface area contributed by atoms with Crippen molar-refractivity contribution in [3.05, 3.63) is 68.8 Å². The number of sulfone groups is 1. The second kappa shape index (κ2) is 6.42. The van der Waals surface area contributed by atoms with Gasteiger partial charge in [-0.2, -0.15) is 5.26 Å². The van der Waals surface area contributed by atoms with Crippen LogP contribution in [0.1, 0.15) is 11.1 Å². The molecule has 0 spiro atoms. The van der Waals surface area contributed by atoms with Gasteiger partial charge in [0, 0.05) is 10.0 Å². The lowest BCUT2D eigenvalue weighted by atomic mass is 10.2. The van der Waals surface area contributed by atoms with Gasteiger partial charge in [0.2, 0.25) is 9.84 Å². The van der Waals surface area contributed by atoms with E-state index in [1.165, 1.54) is 24.3 Å². The predicted octanol–water partition coefficient (Wildman–Crippen LogP) is 4.24. The van der Waals surface area contributed by atoms with Crippen LogP contribution in [-0.2, 0) is 9.84 Å². The smallest absolute Gasteiger partial charge is 0.216 e. The highest BCUT2D eigenvalue weighted by Crippen LogP contribution is 2.23. The standard InChI is InChI=1S/C16H11BrFNO2S/c1-11-2-6-14(7-3-11)22(20,21)15(10-19)8-12-4-5-13(17)9-16(12)18/h2-9H,1H3. The number of halogens is 2. The zero-order valence-corrected chi connectivity index (χ0v) is 13.9. The molecule has 0 amide bonds. The number of rotatable bonds is 3. The number of hydrogen-bond acceptors (Lipinski definition) is 3. The molecule has 3 nitrogen and oxygen atoms in total. The van der Waals surface area contributed by atoms with Gasteiger partial charge in [-0.25, -0.2) is 12.8 Å². The summed E-state index contributed by atoms with van der Waals surface area (Å²) < 4.78 is 39.2. The van der Waals surface area contributed by atoms with Crippen LogP contribution in [0.25, 0.3) is 6.08 Å². The Balaban J connectivity index is 2.53. The normalized spacial score (nSPS) is 12.0. The molecule has 0 aliphatic carbocycles. The average Bonchev–Trinajstić information content (AvgIpc) is 2.46. The largest absolute Gasteiger partial charge is 0.218 e. The van der Waals surface area contributed by atoms with E-state index in [1.54, 1.807) is 24.3 Å². The van der Waals surface area contributed by atoms with Crippen molar-refractivity contribution in [3.8, 4) is 6.07 Å². The van der Waals surface area contributed by atoms with Crippen LogP contribution in [0.2, 0.25) is 0 Å². The maximum absolute atomic E-state index is 13.8. The molecule has 0 aliphatic heterocycles. The molecule has 0 saturated heterocycles. The van der Waals surface area contributed by atoms with Crippen LogP contribution in [0.5, 0.6) is 0 Å². The third-order valence-electron chi connectivity index (χ3n) is 2.98. The van der Waals surface area contributed by atoms with Gasteiger partial charge in [0.15, 0.2) is 0 Å². The summed E-state index contributed by atoms with van der Waals surface area (Å²) in [5.41, 5.74) is 0.941. The molecule has 0 aromatic heterocycles. The van der Waals surface area contributed by atoms with Crippen molar-refractivity contribution in [1.29, 1.82) is 5.26 Å². The topological polar surface area (TPSA) is 57.9 Å². The van der Waals surface area contributed by atoms with E-state index in [4.69, 9.17) is 5.26 Å². The summed E-state index contributed by atoms with van der Waals surface area (Å²) in [6.45, 7) is 1.83. The SMILES string of the molecule is Cc1ccc(S(=O)(=O)C(C#N)=Cc2ccc(Br)cc2F)cc1. The fourth-order valence-corrected chi connectivity index (χ4v) is 3.26. The van der Waals surface area contributed by atoms with Crippen LogP contribution in [0.4, 0.5) is 4.39 Å². The summed E-state index contributed by atoms with van der Waals surface area (Å²) in [4.78, 5) is -0.499. The summed E-state index contributed by atoms with van der Waals surface area (Å²) in [7, 11) is -3.97. The second-order valence-corrected chi connectivity index (χ2v) is 7.44. The highest BCUT2D eigenvalue weighted by molar-refractivity contribution is 9.10. The molecule has 0 saturated carbocycles. The molecule has 0 bridgehead atoms. The minimum Gasteiger partial charge on any atom is -0.218 e. The van der Waals surface area contributed by atoms with Crippen LogP contribution in [0.15, 0.2) is 56.7 Å². The zero-order valence-electron chi connectivity index (χ0n) is 11.5. The molecule has 0 aliphatic rings. The molecule has 2 rings (SSSR count). The molecule has 0 unspecified atom stereocenters. The lowest BCUT2D eigenvalue weighted by Gasteiger charge is -2.04. The first-order chi connectivity index (χ1) is 10.3. The van der Waals surface area contributed by atoms with Gasteiger partial charge in [0.1, 0.15) is 16.8 Å². The van der Waals surface area contributed by atoms with Crippen LogP contribution >= 0.6 is 15.9 Å². The first kappa shape index (κ1) is 16.4. The van der Waals surface area contributed by atoms with Gasteiger partial charge in [0.25, 0.3) is 0 Å². The highest BCUT2D eigenvalue weighted by Gasteiger charge is 2.21. The van der Waals surface area contributed by atoms with Crippen molar-refractivity contribution < 1.29 is 12.8 Å². The van der Waals surface area contributed by atoms with Gasteiger partial charge in [-0.15, -0.1) is 0 Å². The molecule has 2 aromatic rings. The maximum atomic E-state index is 13.8. The number of benzene rings is 2. The van der Waals surface area contributed by atoms with E-state index in [1.807, 2.05) is 6.92 Å². The van der Waals surface area contributed by atoms with Crippen LogP contribution in [0, 0.1) is 24.1 Å². The van der Waals surface area contributed by atoms with Gasteiger partial charge >= 0.3 is 0 Å². The molecular weight excluding hydrogens is 369 g/mol. The molecule has 0 atom stereocenters. The number of nitriles is 1. The molecule has 0 heterocycles. The van der Waals surface area contributed by atoms with E-state index in [-0.39, 0.29) is 10.5 Å². The molecule has 2 aromatic carbocycles. The van der Waals surface area contributed by atoms with Crippen molar-refractivity contribution >= 4 is 31.8 Å². The van der Waals surface area contributed by atoms with Crippen molar-refractivity contribution in [2.45, 2.75) is 11.8 Å². The highest BCUT2D eigenvalue weighted by atomic mass is 79.9. The third-order valence-corrected chi connectivity index (χ3v) is 5.15. The van der Waals surface area contributed by atoms with Gasteiger partial charge in [0.05, 0.1) is 4.90 Å². The van der Waals surface area contributed by atoms with E-state index in [2.05, 4.69) is 15.9 Å². The Hall–Kier alpha value is -1.97. The number of allylic oxidation sites excluding steroid dienone is 1. The monoisotopic (exact) mass is 379 g/mol. The van der Waals surface area contributed by atoms with E-state index >= 15 is 0 Å². The van der Waals surface area contributed by atoms with E-state index in [0.717, 1.165) is 11.6 Å². The fraction of sp³-hybridized carbons (Fsp3) is 0.0625. The first-order valence-electron chi connectivity index (χ1n) is 6.23. The maximum Gasteiger partial charge on any atom is 0.216 e. The first-order valence-corrected chi connectivity index (χ1v) is 8.51. The van der Waals surface area contributed by atoms with Crippen LogP contribution < -0.4 is 0 Å². The molecule has 0 N–H and O–H groups in total. The Kier molecular flexibility index (Phi) is 4.79. The summed E-state index contributed by atoms with van der Waals surface area (Å²) in [5.74, 6) is -0.610. The van der Waals surface area contributed by atoms with Crippen LogP contribution in [-0.4, -0.2) is 8.42 Å². The van der Waals surface area contributed by atoms with Gasteiger partial charge in [-0.1, -0.05) is 39.7 Å². The Bertz CT molecular complexity index is 881. The third kappa shape index (κ3) is 3.43. The summed E-state index contributed by atoms with van der Waals surface area (Å²) in [6.07, 6.45) is 1.04. The number of hydrogen-bond donors (Lipinski definition) is 0. The summed E-state index contributed by atoms with van der Waals surface area (Å²) in [6, 6.07) is 12.0. The van der Waals surface area contributed by atoms with E-state index in [9.17, 15) is 12.8 Å². The molecule has 112 valence electrons. The minimum absolute atomic E-state index is 0.00317. The molecule has 0 fully saturated rings. The van der Waals surface area contributed by atoms with Crippen molar-refractivity contribution in [3.63, 3.8) is 0 Å². The zero-order chi connectivity index (χ0) is 16.3. The Morgan fingerprint density at radius 3 is 2.41 bits per heavy atom. The lowest BCUT2D eigenvalue weighted by Crippen LogP contribution is -2.03. The molecule has 6 heteroatoms. The van der Waals surface area contributed by atoms with E-state index < -0.39 is 20.6 Å².